The summed E-state index contributed by atoms with van der Waals surface area (Å²) in [5.74, 6) is -0.168. The second kappa shape index (κ2) is 5.80. The summed E-state index contributed by atoms with van der Waals surface area (Å²) in [5, 5.41) is 14.0. The molecule has 18 heavy (non-hydrogen) atoms. The summed E-state index contributed by atoms with van der Waals surface area (Å²) in [4.78, 5) is 10.3. The molecule has 0 radical (unpaired) electrons. The SMILES string of the molecule is CCC(C)C(C)Nc1cc(C)c(F)cc1[N+](=O)[O-]. The fraction of sp³-hybridized carbons (Fsp3) is 0.538. The standard InChI is InChI=1S/C13H19FN2O2/c1-5-8(2)10(4)15-12-6-9(3)11(14)7-13(12)16(17)18/h6-8,10,15H,5H2,1-4H3. The van der Waals surface area contributed by atoms with Gasteiger partial charge in [0.05, 0.1) is 11.0 Å². The van der Waals surface area contributed by atoms with Gasteiger partial charge in [0, 0.05) is 6.04 Å². The highest BCUT2D eigenvalue weighted by molar-refractivity contribution is 5.63. The van der Waals surface area contributed by atoms with E-state index in [9.17, 15) is 14.5 Å². The summed E-state index contributed by atoms with van der Waals surface area (Å²) < 4.78 is 13.3. The number of halogens is 1. The van der Waals surface area contributed by atoms with E-state index in [0.717, 1.165) is 12.5 Å². The number of nitro groups is 1. The Labute approximate surface area is 106 Å². The molecule has 0 saturated carbocycles. The van der Waals surface area contributed by atoms with E-state index in [0.29, 0.717) is 17.2 Å². The molecule has 0 aromatic heterocycles. The fourth-order valence-electron chi connectivity index (χ4n) is 1.68. The molecular formula is C13H19FN2O2. The van der Waals surface area contributed by atoms with Crippen LogP contribution in [0.15, 0.2) is 12.1 Å². The van der Waals surface area contributed by atoms with Crippen LogP contribution in [0.5, 0.6) is 0 Å². The van der Waals surface area contributed by atoms with Crippen molar-refractivity contribution in [3.05, 3.63) is 33.6 Å². The molecule has 2 unspecified atom stereocenters. The van der Waals surface area contributed by atoms with Crippen molar-refractivity contribution in [2.45, 2.75) is 40.2 Å². The summed E-state index contributed by atoms with van der Waals surface area (Å²) in [6.45, 7) is 7.70. The number of benzene rings is 1. The molecule has 5 heteroatoms. The van der Waals surface area contributed by atoms with E-state index >= 15 is 0 Å². The first-order valence-electron chi connectivity index (χ1n) is 6.07. The lowest BCUT2D eigenvalue weighted by Crippen LogP contribution is -2.23. The van der Waals surface area contributed by atoms with Gasteiger partial charge in [0.1, 0.15) is 11.5 Å². The van der Waals surface area contributed by atoms with Gasteiger partial charge in [-0.1, -0.05) is 20.3 Å². The zero-order valence-electron chi connectivity index (χ0n) is 11.2. The maximum absolute atomic E-state index is 13.3. The molecule has 100 valence electrons. The van der Waals surface area contributed by atoms with Crippen molar-refractivity contribution in [3.8, 4) is 0 Å². The Hall–Kier alpha value is -1.65. The topological polar surface area (TPSA) is 55.2 Å². The molecule has 1 rings (SSSR count). The Kier molecular flexibility index (Phi) is 4.64. The van der Waals surface area contributed by atoms with Gasteiger partial charge in [-0.2, -0.15) is 0 Å². The Bertz CT molecular complexity index is 449. The van der Waals surface area contributed by atoms with Gasteiger partial charge >= 0.3 is 0 Å². The summed E-state index contributed by atoms with van der Waals surface area (Å²) in [5.41, 5.74) is 0.569. The zero-order valence-corrected chi connectivity index (χ0v) is 11.2. The van der Waals surface area contributed by atoms with Gasteiger partial charge < -0.3 is 5.32 Å². The molecule has 0 aliphatic rings. The molecule has 0 aliphatic heterocycles. The van der Waals surface area contributed by atoms with Crippen molar-refractivity contribution in [2.75, 3.05) is 5.32 Å². The van der Waals surface area contributed by atoms with Crippen molar-refractivity contribution >= 4 is 11.4 Å². The molecule has 0 saturated heterocycles. The Morgan fingerprint density at radius 2 is 2.06 bits per heavy atom. The smallest absolute Gasteiger partial charge is 0.295 e. The fourth-order valence-corrected chi connectivity index (χ4v) is 1.68. The summed E-state index contributed by atoms with van der Waals surface area (Å²) >= 11 is 0. The zero-order chi connectivity index (χ0) is 13.9. The molecule has 1 aromatic rings. The van der Waals surface area contributed by atoms with Gasteiger partial charge in [0.2, 0.25) is 0 Å². The van der Waals surface area contributed by atoms with E-state index in [1.807, 2.05) is 6.92 Å². The first-order chi connectivity index (χ1) is 8.36. The molecule has 0 fully saturated rings. The average Bonchev–Trinajstić information content (AvgIpc) is 2.31. The van der Waals surface area contributed by atoms with Gasteiger partial charge in [-0.15, -0.1) is 0 Å². The van der Waals surface area contributed by atoms with Crippen molar-refractivity contribution in [3.63, 3.8) is 0 Å². The second-order valence-electron chi connectivity index (χ2n) is 4.69. The molecule has 0 amide bonds. The van der Waals surface area contributed by atoms with Crippen LogP contribution in [0.4, 0.5) is 15.8 Å². The normalized spacial score (nSPS) is 14.1. The van der Waals surface area contributed by atoms with Crippen LogP contribution in [0.1, 0.15) is 32.8 Å². The first-order valence-corrected chi connectivity index (χ1v) is 6.07. The summed E-state index contributed by atoms with van der Waals surface area (Å²) in [6.07, 6.45) is 0.974. The van der Waals surface area contributed by atoms with E-state index in [1.54, 1.807) is 6.92 Å². The Morgan fingerprint density at radius 3 is 2.56 bits per heavy atom. The van der Waals surface area contributed by atoms with Gasteiger partial charge in [0.25, 0.3) is 5.69 Å². The molecule has 2 atom stereocenters. The van der Waals surface area contributed by atoms with E-state index in [1.165, 1.54) is 6.07 Å². The van der Waals surface area contributed by atoms with E-state index < -0.39 is 10.7 Å². The van der Waals surface area contributed by atoms with Crippen LogP contribution in [0.3, 0.4) is 0 Å². The molecule has 0 aliphatic carbocycles. The van der Waals surface area contributed by atoms with Gasteiger partial charge in [-0.25, -0.2) is 4.39 Å². The van der Waals surface area contributed by atoms with Crippen molar-refractivity contribution in [1.82, 2.24) is 0 Å². The van der Waals surface area contributed by atoms with Crippen molar-refractivity contribution < 1.29 is 9.31 Å². The highest BCUT2D eigenvalue weighted by Crippen LogP contribution is 2.29. The van der Waals surface area contributed by atoms with E-state index in [2.05, 4.69) is 19.2 Å². The van der Waals surface area contributed by atoms with Crippen LogP contribution in [0.25, 0.3) is 0 Å². The van der Waals surface area contributed by atoms with Crippen molar-refractivity contribution in [2.24, 2.45) is 5.92 Å². The largest absolute Gasteiger partial charge is 0.377 e. The van der Waals surface area contributed by atoms with Crippen LogP contribution >= 0.6 is 0 Å². The number of nitrogens with one attached hydrogen (secondary N) is 1. The Morgan fingerprint density at radius 1 is 1.44 bits per heavy atom. The molecule has 1 aromatic carbocycles. The second-order valence-corrected chi connectivity index (χ2v) is 4.69. The number of rotatable bonds is 5. The number of anilines is 1. The van der Waals surface area contributed by atoms with Crippen molar-refractivity contribution in [1.29, 1.82) is 0 Å². The van der Waals surface area contributed by atoms with Crippen LogP contribution in [0, 0.1) is 28.8 Å². The molecule has 0 bridgehead atoms. The van der Waals surface area contributed by atoms with E-state index in [4.69, 9.17) is 0 Å². The maximum atomic E-state index is 13.3. The lowest BCUT2D eigenvalue weighted by Gasteiger charge is -2.21. The predicted molar refractivity (Wildman–Crippen MR) is 70.3 cm³/mol. The summed E-state index contributed by atoms with van der Waals surface area (Å²) in [6, 6.07) is 2.56. The highest BCUT2D eigenvalue weighted by Gasteiger charge is 2.19. The molecule has 0 spiro atoms. The van der Waals surface area contributed by atoms with Crippen LogP contribution in [-0.2, 0) is 0 Å². The Balaban J connectivity index is 3.07. The minimum absolute atomic E-state index is 0.0959. The quantitative estimate of drug-likeness (QED) is 0.640. The third-order valence-electron chi connectivity index (χ3n) is 3.35. The van der Waals surface area contributed by atoms with E-state index in [-0.39, 0.29) is 11.7 Å². The number of nitrogens with zero attached hydrogens (tertiary/aromatic N) is 1. The number of hydrogen-bond acceptors (Lipinski definition) is 3. The predicted octanol–water partition coefficient (Wildman–Crippen LogP) is 3.89. The average molecular weight is 254 g/mol. The highest BCUT2D eigenvalue weighted by atomic mass is 19.1. The minimum atomic E-state index is -0.561. The van der Waals surface area contributed by atoms with Gasteiger partial charge in [-0.3, -0.25) is 10.1 Å². The number of nitro benzene ring substituents is 1. The third-order valence-corrected chi connectivity index (χ3v) is 3.35. The lowest BCUT2D eigenvalue weighted by molar-refractivity contribution is -0.384. The third kappa shape index (κ3) is 3.18. The number of aryl methyl sites for hydroxylation is 1. The summed E-state index contributed by atoms with van der Waals surface area (Å²) in [7, 11) is 0. The lowest BCUT2D eigenvalue weighted by atomic mass is 10.0. The first kappa shape index (κ1) is 14.4. The van der Waals surface area contributed by atoms with Crippen LogP contribution in [-0.4, -0.2) is 11.0 Å². The van der Waals surface area contributed by atoms with Crippen LogP contribution < -0.4 is 5.32 Å². The monoisotopic (exact) mass is 254 g/mol. The maximum Gasteiger partial charge on any atom is 0.295 e. The van der Waals surface area contributed by atoms with Gasteiger partial charge in [0.15, 0.2) is 0 Å². The molecular weight excluding hydrogens is 235 g/mol. The molecule has 1 N–H and O–H groups in total. The molecule has 4 nitrogen and oxygen atoms in total. The molecule has 0 heterocycles. The minimum Gasteiger partial charge on any atom is -0.377 e. The van der Waals surface area contributed by atoms with Gasteiger partial charge in [-0.05, 0) is 31.4 Å². The van der Waals surface area contributed by atoms with Crippen LogP contribution in [0.2, 0.25) is 0 Å². The number of hydrogen-bond donors (Lipinski definition) is 1.